The number of nitrogens with zero attached hydrogens (tertiary/aromatic N) is 3. The second-order valence-corrected chi connectivity index (χ2v) is 5.75. The second-order valence-electron chi connectivity index (χ2n) is 4.63. The summed E-state index contributed by atoms with van der Waals surface area (Å²) in [5.74, 6) is 1.63. The summed E-state index contributed by atoms with van der Waals surface area (Å²) in [6, 6.07) is 9.77. The van der Waals surface area contributed by atoms with Crippen molar-refractivity contribution >= 4 is 38.7 Å². The highest BCUT2D eigenvalue weighted by Crippen LogP contribution is 2.26. The average molecular weight is 367 g/mol. The van der Waals surface area contributed by atoms with Crippen LogP contribution in [-0.4, -0.2) is 21.6 Å². The molecule has 0 fully saturated rings. The Kier molecular flexibility index (Phi) is 3.87. The minimum atomic E-state index is 0.313. The van der Waals surface area contributed by atoms with Gasteiger partial charge in [-0.1, -0.05) is 15.9 Å². The fraction of sp³-hybridized carbons (Fsp3) is 0.200. The third-order valence-corrected chi connectivity index (χ3v) is 4.41. The molecule has 3 aromatic rings. The average Bonchev–Trinajstić information content (AvgIpc) is 2.87. The molecule has 1 aromatic carbocycles. The smallest absolute Gasteiger partial charge is 0.215 e. The zero-order valence-corrected chi connectivity index (χ0v) is 13.9. The predicted octanol–water partition coefficient (Wildman–Crippen LogP) is 4.24. The standard InChI is InChI=1S/C15H13BrClN3O/c1-9-7-10(3-4-11(9)16)20-13(8-17)18-12-5-6-14(21-2)19-15(12)20/h3-7H,8H2,1-2H3. The van der Waals surface area contributed by atoms with E-state index in [9.17, 15) is 0 Å². The number of ether oxygens (including phenoxy) is 1. The maximum atomic E-state index is 6.05. The first-order chi connectivity index (χ1) is 10.1. The van der Waals surface area contributed by atoms with Gasteiger partial charge in [0.05, 0.1) is 13.0 Å². The molecule has 4 nitrogen and oxygen atoms in total. The van der Waals surface area contributed by atoms with Gasteiger partial charge in [-0.2, -0.15) is 4.98 Å². The largest absolute Gasteiger partial charge is 0.481 e. The van der Waals surface area contributed by atoms with Crippen LogP contribution < -0.4 is 4.74 Å². The first-order valence-electron chi connectivity index (χ1n) is 6.39. The Labute approximate surface area is 135 Å². The fourth-order valence-corrected chi connectivity index (χ4v) is 2.66. The molecule has 0 bridgehead atoms. The van der Waals surface area contributed by atoms with Crippen molar-refractivity contribution in [3.8, 4) is 11.6 Å². The predicted molar refractivity (Wildman–Crippen MR) is 87.4 cm³/mol. The number of hydrogen-bond acceptors (Lipinski definition) is 3. The lowest BCUT2D eigenvalue weighted by atomic mass is 10.2. The van der Waals surface area contributed by atoms with E-state index in [1.165, 1.54) is 0 Å². The van der Waals surface area contributed by atoms with Gasteiger partial charge >= 0.3 is 0 Å². The first kappa shape index (κ1) is 14.4. The van der Waals surface area contributed by atoms with Gasteiger partial charge in [0, 0.05) is 16.2 Å². The molecule has 3 rings (SSSR count). The highest BCUT2D eigenvalue weighted by Gasteiger charge is 2.14. The van der Waals surface area contributed by atoms with Gasteiger partial charge in [0.1, 0.15) is 11.3 Å². The molecule has 0 spiro atoms. The molecule has 21 heavy (non-hydrogen) atoms. The van der Waals surface area contributed by atoms with E-state index in [0.717, 1.165) is 32.7 Å². The van der Waals surface area contributed by atoms with Crippen LogP contribution in [-0.2, 0) is 5.88 Å². The third-order valence-electron chi connectivity index (χ3n) is 3.28. The number of fused-ring (bicyclic) bond motifs is 1. The van der Waals surface area contributed by atoms with Gasteiger partial charge in [-0.25, -0.2) is 4.98 Å². The molecule has 0 aliphatic heterocycles. The summed E-state index contributed by atoms with van der Waals surface area (Å²) in [6.45, 7) is 2.04. The Hall–Kier alpha value is -1.59. The van der Waals surface area contributed by atoms with Crippen molar-refractivity contribution in [2.75, 3.05) is 7.11 Å². The first-order valence-corrected chi connectivity index (χ1v) is 7.71. The highest BCUT2D eigenvalue weighted by atomic mass is 79.9. The molecular formula is C15H13BrClN3O. The number of aromatic nitrogens is 3. The van der Waals surface area contributed by atoms with Gasteiger partial charge in [-0.15, -0.1) is 11.6 Å². The van der Waals surface area contributed by atoms with Gasteiger partial charge in [0.2, 0.25) is 5.88 Å². The maximum absolute atomic E-state index is 6.05. The monoisotopic (exact) mass is 365 g/mol. The minimum absolute atomic E-state index is 0.313. The second kappa shape index (κ2) is 5.66. The molecule has 0 radical (unpaired) electrons. The number of alkyl halides is 1. The Balaban J connectivity index is 2.30. The fourth-order valence-electron chi connectivity index (χ4n) is 2.23. The van der Waals surface area contributed by atoms with Crippen LogP contribution in [0.2, 0.25) is 0 Å². The van der Waals surface area contributed by atoms with Crippen molar-refractivity contribution in [2.24, 2.45) is 0 Å². The summed E-state index contributed by atoms with van der Waals surface area (Å²) >= 11 is 9.56. The van der Waals surface area contributed by atoms with Gasteiger partial charge in [0.15, 0.2) is 5.65 Å². The van der Waals surface area contributed by atoms with Crippen LogP contribution in [0, 0.1) is 6.92 Å². The van der Waals surface area contributed by atoms with Crippen LogP contribution in [0.5, 0.6) is 5.88 Å². The zero-order valence-electron chi connectivity index (χ0n) is 11.6. The number of rotatable bonds is 3. The van der Waals surface area contributed by atoms with Crippen LogP contribution in [0.4, 0.5) is 0 Å². The lowest BCUT2D eigenvalue weighted by Gasteiger charge is -2.09. The molecule has 0 N–H and O–H groups in total. The van der Waals surface area contributed by atoms with Crippen LogP contribution in [0.3, 0.4) is 0 Å². The number of benzene rings is 1. The summed E-state index contributed by atoms with van der Waals surface area (Å²) in [6.07, 6.45) is 0. The van der Waals surface area contributed by atoms with E-state index in [2.05, 4.69) is 32.0 Å². The van der Waals surface area contributed by atoms with Crippen molar-refractivity contribution in [2.45, 2.75) is 12.8 Å². The molecule has 2 heterocycles. The normalized spacial score (nSPS) is 11.0. The van der Waals surface area contributed by atoms with Gasteiger partial charge in [-0.05, 0) is 36.8 Å². The molecule has 108 valence electrons. The van der Waals surface area contributed by atoms with Gasteiger partial charge in [-0.3, -0.25) is 4.57 Å². The molecular weight excluding hydrogens is 354 g/mol. The summed E-state index contributed by atoms with van der Waals surface area (Å²) in [7, 11) is 1.60. The SMILES string of the molecule is COc1ccc2nc(CCl)n(-c3ccc(Br)c(C)c3)c2n1. The molecule has 0 saturated carbocycles. The summed E-state index contributed by atoms with van der Waals surface area (Å²) < 4.78 is 8.23. The molecule has 0 atom stereocenters. The van der Waals surface area contributed by atoms with E-state index in [1.807, 2.05) is 29.7 Å². The third kappa shape index (κ3) is 2.51. The lowest BCUT2D eigenvalue weighted by molar-refractivity contribution is 0.399. The van der Waals surface area contributed by atoms with Crippen LogP contribution in [0.1, 0.15) is 11.4 Å². The summed E-state index contributed by atoms with van der Waals surface area (Å²) in [5, 5.41) is 0. The number of hydrogen-bond donors (Lipinski definition) is 0. The topological polar surface area (TPSA) is 39.9 Å². The summed E-state index contributed by atoms with van der Waals surface area (Å²) in [5.41, 5.74) is 3.66. The number of halogens is 2. The molecule has 0 aliphatic carbocycles. The van der Waals surface area contributed by atoms with Crippen molar-refractivity contribution in [1.29, 1.82) is 0 Å². The minimum Gasteiger partial charge on any atom is -0.481 e. The van der Waals surface area contributed by atoms with E-state index in [0.29, 0.717) is 11.8 Å². The quantitative estimate of drug-likeness (QED) is 0.651. The van der Waals surface area contributed by atoms with E-state index in [-0.39, 0.29) is 0 Å². The molecule has 0 amide bonds. The van der Waals surface area contributed by atoms with Gasteiger partial charge < -0.3 is 4.74 Å². The Morgan fingerprint density at radius 2 is 2.05 bits per heavy atom. The summed E-state index contributed by atoms with van der Waals surface area (Å²) in [4.78, 5) is 9.03. The Bertz CT molecular complexity index is 816. The van der Waals surface area contributed by atoms with Gasteiger partial charge in [0.25, 0.3) is 0 Å². The van der Waals surface area contributed by atoms with Crippen molar-refractivity contribution < 1.29 is 4.74 Å². The zero-order chi connectivity index (χ0) is 15.0. The molecule has 0 aliphatic rings. The van der Waals surface area contributed by atoms with Crippen molar-refractivity contribution in [3.05, 3.63) is 46.2 Å². The lowest BCUT2D eigenvalue weighted by Crippen LogP contribution is -2.01. The van der Waals surface area contributed by atoms with Crippen LogP contribution >= 0.6 is 27.5 Å². The van der Waals surface area contributed by atoms with E-state index >= 15 is 0 Å². The number of imidazole rings is 1. The number of aryl methyl sites for hydroxylation is 1. The molecule has 2 aromatic heterocycles. The van der Waals surface area contributed by atoms with Crippen molar-refractivity contribution in [1.82, 2.24) is 14.5 Å². The maximum Gasteiger partial charge on any atom is 0.215 e. The number of methoxy groups -OCH3 is 1. The van der Waals surface area contributed by atoms with E-state index in [4.69, 9.17) is 16.3 Å². The van der Waals surface area contributed by atoms with Crippen molar-refractivity contribution in [3.63, 3.8) is 0 Å². The van der Waals surface area contributed by atoms with Crippen LogP contribution in [0.25, 0.3) is 16.9 Å². The van der Waals surface area contributed by atoms with Crippen LogP contribution in [0.15, 0.2) is 34.8 Å². The molecule has 0 saturated heterocycles. The van der Waals surface area contributed by atoms with E-state index < -0.39 is 0 Å². The number of pyridine rings is 1. The molecule has 6 heteroatoms. The van der Waals surface area contributed by atoms with E-state index in [1.54, 1.807) is 13.2 Å². The molecule has 0 unspecified atom stereocenters. The highest BCUT2D eigenvalue weighted by molar-refractivity contribution is 9.10. The Morgan fingerprint density at radius 1 is 1.24 bits per heavy atom. The Morgan fingerprint density at radius 3 is 2.71 bits per heavy atom.